The van der Waals surface area contributed by atoms with Gasteiger partial charge < -0.3 is 10.3 Å². The predicted octanol–water partition coefficient (Wildman–Crippen LogP) is 1.87. The Labute approximate surface area is 93.6 Å². The molecule has 4 heteroatoms. The summed E-state index contributed by atoms with van der Waals surface area (Å²) in [6, 6.07) is 8.10. The third kappa shape index (κ3) is 1.47. The molecule has 0 spiro atoms. The van der Waals surface area contributed by atoms with Gasteiger partial charge in [0.05, 0.1) is 0 Å². The first-order chi connectivity index (χ1) is 7.72. The molecule has 2 heterocycles. The van der Waals surface area contributed by atoms with E-state index in [9.17, 15) is 0 Å². The maximum Gasteiger partial charge on any atom is 0.169 e. The van der Waals surface area contributed by atoms with E-state index < -0.39 is 0 Å². The van der Waals surface area contributed by atoms with Gasteiger partial charge in [-0.15, -0.1) is 0 Å². The molecule has 2 aromatic rings. The minimum atomic E-state index is 0.424. The summed E-state index contributed by atoms with van der Waals surface area (Å²) in [5.74, 6) is 1.16. The van der Waals surface area contributed by atoms with Crippen LogP contribution >= 0.6 is 0 Å². The zero-order valence-corrected chi connectivity index (χ0v) is 9.10. The number of fused-ring (bicyclic) bond motifs is 1. The standard InChI is InChI=1S/C12H13N3O/c1-15-6-9-3-2-8(4-10(9)7-15)11-5-12(13)14-16-11/h2-5H,6-7H2,1H3,(H2,13,14). The molecule has 0 atom stereocenters. The number of anilines is 1. The summed E-state index contributed by atoms with van der Waals surface area (Å²) in [5.41, 5.74) is 9.32. The van der Waals surface area contributed by atoms with E-state index in [0.717, 1.165) is 24.4 Å². The van der Waals surface area contributed by atoms with E-state index in [1.807, 2.05) is 0 Å². The van der Waals surface area contributed by atoms with Crippen LogP contribution in [0.15, 0.2) is 28.8 Å². The molecule has 1 aromatic heterocycles. The average molecular weight is 215 g/mol. The van der Waals surface area contributed by atoms with Crippen LogP contribution in [0.1, 0.15) is 11.1 Å². The summed E-state index contributed by atoms with van der Waals surface area (Å²) in [6.07, 6.45) is 0. The Morgan fingerprint density at radius 2 is 2.06 bits per heavy atom. The molecule has 4 nitrogen and oxygen atoms in total. The predicted molar refractivity (Wildman–Crippen MR) is 61.5 cm³/mol. The normalized spacial score (nSPS) is 15.3. The third-order valence-corrected chi connectivity index (χ3v) is 2.90. The quantitative estimate of drug-likeness (QED) is 0.789. The average Bonchev–Trinajstić information content (AvgIpc) is 2.81. The molecule has 0 saturated heterocycles. The molecule has 82 valence electrons. The van der Waals surface area contributed by atoms with Crippen molar-refractivity contribution in [1.29, 1.82) is 0 Å². The highest BCUT2D eigenvalue weighted by Gasteiger charge is 2.16. The minimum absolute atomic E-state index is 0.424. The molecule has 0 unspecified atom stereocenters. The van der Waals surface area contributed by atoms with Crippen LogP contribution in [0.2, 0.25) is 0 Å². The molecule has 1 aromatic carbocycles. The fourth-order valence-electron chi connectivity index (χ4n) is 2.14. The Kier molecular flexibility index (Phi) is 1.97. The van der Waals surface area contributed by atoms with Crippen molar-refractivity contribution in [2.24, 2.45) is 0 Å². The van der Waals surface area contributed by atoms with Gasteiger partial charge in [0.15, 0.2) is 11.6 Å². The van der Waals surface area contributed by atoms with Crippen LogP contribution in [0.5, 0.6) is 0 Å². The maximum atomic E-state index is 5.54. The van der Waals surface area contributed by atoms with Crippen molar-refractivity contribution in [2.45, 2.75) is 13.1 Å². The fraction of sp³-hybridized carbons (Fsp3) is 0.250. The summed E-state index contributed by atoms with van der Waals surface area (Å²) < 4.78 is 5.15. The second-order valence-corrected chi connectivity index (χ2v) is 4.27. The number of rotatable bonds is 1. The van der Waals surface area contributed by atoms with Crippen LogP contribution in [0.25, 0.3) is 11.3 Å². The van der Waals surface area contributed by atoms with Crippen LogP contribution in [0.4, 0.5) is 5.82 Å². The number of hydrogen-bond acceptors (Lipinski definition) is 4. The Hall–Kier alpha value is -1.81. The van der Waals surface area contributed by atoms with E-state index in [4.69, 9.17) is 10.3 Å². The molecule has 0 bridgehead atoms. The van der Waals surface area contributed by atoms with Gasteiger partial charge in [0.25, 0.3) is 0 Å². The van der Waals surface area contributed by atoms with Gasteiger partial charge in [-0.3, -0.25) is 4.90 Å². The third-order valence-electron chi connectivity index (χ3n) is 2.90. The molecule has 0 aliphatic carbocycles. The van der Waals surface area contributed by atoms with E-state index in [2.05, 4.69) is 35.3 Å². The molecule has 0 radical (unpaired) electrons. The Bertz CT molecular complexity index is 533. The number of nitrogen functional groups attached to an aromatic ring is 1. The lowest BCUT2D eigenvalue weighted by Gasteiger charge is -2.02. The molecule has 3 rings (SSSR count). The number of benzene rings is 1. The summed E-state index contributed by atoms with van der Waals surface area (Å²) >= 11 is 0. The van der Waals surface area contributed by atoms with Crippen molar-refractivity contribution in [1.82, 2.24) is 10.1 Å². The topological polar surface area (TPSA) is 55.3 Å². The second-order valence-electron chi connectivity index (χ2n) is 4.27. The Morgan fingerprint density at radius 3 is 2.81 bits per heavy atom. The second kappa shape index (κ2) is 3.35. The van der Waals surface area contributed by atoms with Gasteiger partial charge >= 0.3 is 0 Å². The molecule has 0 amide bonds. The van der Waals surface area contributed by atoms with E-state index in [1.54, 1.807) is 6.07 Å². The monoisotopic (exact) mass is 215 g/mol. The summed E-state index contributed by atoms with van der Waals surface area (Å²) in [4.78, 5) is 2.28. The van der Waals surface area contributed by atoms with Crippen molar-refractivity contribution >= 4 is 5.82 Å². The van der Waals surface area contributed by atoms with Gasteiger partial charge in [0, 0.05) is 24.7 Å². The van der Waals surface area contributed by atoms with E-state index in [1.165, 1.54) is 11.1 Å². The van der Waals surface area contributed by atoms with E-state index in [0.29, 0.717) is 5.82 Å². The highest BCUT2D eigenvalue weighted by molar-refractivity contribution is 5.62. The summed E-state index contributed by atoms with van der Waals surface area (Å²) in [7, 11) is 2.12. The molecular formula is C12H13N3O. The SMILES string of the molecule is CN1Cc2ccc(-c3cc(N)no3)cc2C1. The minimum Gasteiger partial charge on any atom is -0.381 e. The van der Waals surface area contributed by atoms with Gasteiger partial charge in [-0.2, -0.15) is 0 Å². The van der Waals surface area contributed by atoms with Crippen LogP contribution in [-0.2, 0) is 13.1 Å². The largest absolute Gasteiger partial charge is 0.381 e. The lowest BCUT2D eigenvalue weighted by Crippen LogP contribution is -2.07. The summed E-state index contributed by atoms with van der Waals surface area (Å²) in [5, 5.41) is 3.69. The van der Waals surface area contributed by atoms with Crippen molar-refractivity contribution in [3.05, 3.63) is 35.4 Å². The first-order valence-electron chi connectivity index (χ1n) is 5.25. The first-order valence-corrected chi connectivity index (χ1v) is 5.25. The number of hydrogen-bond donors (Lipinski definition) is 1. The van der Waals surface area contributed by atoms with Crippen molar-refractivity contribution in [3.63, 3.8) is 0 Å². The molecule has 2 N–H and O–H groups in total. The lowest BCUT2D eigenvalue weighted by atomic mass is 10.1. The molecule has 0 saturated carbocycles. The van der Waals surface area contributed by atoms with Gasteiger partial charge in [-0.05, 0) is 24.2 Å². The highest BCUT2D eigenvalue weighted by Crippen LogP contribution is 2.28. The molecule has 16 heavy (non-hydrogen) atoms. The van der Waals surface area contributed by atoms with Crippen molar-refractivity contribution in [2.75, 3.05) is 12.8 Å². The number of nitrogens with two attached hydrogens (primary N) is 1. The summed E-state index contributed by atoms with van der Waals surface area (Å²) in [6.45, 7) is 2.01. The highest BCUT2D eigenvalue weighted by atomic mass is 16.5. The molecular weight excluding hydrogens is 202 g/mol. The van der Waals surface area contributed by atoms with Gasteiger partial charge in [0.1, 0.15) is 0 Å². The van der Waals surface area contributed by atoms with Gasteiger partial charge in [-0.1, -0.05) is 17.3 Å². The zero-order valence-electron chi connectivity index (χ0n) is 9.10. The first kappa shape index (κ1) is 9.42. The van der Waals surface area contributed by atoms with Crippen LogP contribution < -0.4 is 5.73 Å². The molecule has 0 fully saturated rings. The van der Waals surface area contributed by atoms with Crippen LogP contribution in [-0.4, -0.2) is 17.1 Å². The van der Waals surface area contributed by atoms with Gasteiger partial charge in [-0.25, -0.2) is 0 Å². The van der Waals surface area contributed by atoms with Crippen LogP contribution in [0, 0.1) is 0 Å². The Balaban J connectivity index is 2.02. The smallest absolute Gasteiger partial charge is 0.169 e. The Morgan fingerprint density at radius 1 is 1.25 bits per heavy atom. The zero-order chi connectivity index (χ0) is 11.1. The van der Waals surface area contributed by atoms with Crippen LogP contribution in [0.3, 0.4) is 0 Å². The number of nitrogens with zero attached hydrogens (tertiary/aromatic N) is 2. The van der Waals surface area contributed by atoms with E-state index >= 15 is 0 Å². The maximum absolute atomic E-state index is 5.54. The van der Waals surface area contributed by atoms with Crippen molar-refractivity contribution < 1.29 is 4.52 Å². The fourth-order valence-corrected chi connectivity index (χ4v) is 2.14. The van der Waals surface area contributed by atoms with E-state index in [-0.39, 0.29) is 0 Å². The van der Waals surface area contributed by atoms with Gasteiger partial charge in [0.2, 0.25) is 0 Å². The molecule has 1 aliphatic rings. The number of aromatic nitrogens is 1. The molecule has 1 aliphatic heterocycles. The lowest BCUT2D eigenvalue weighted by molar-refractivity contribution is 0.353. The van der Waals surface area contributed by atoms with Crippen molar-refractivity contribution in [3.8, 4) is 11.3 Å².